The lowest BCUT2D eigenvalue weighted by Crippen LogP contribution is -2.30. The largest absolute Gasteiger partial charge is 0.274 e. The number of aromatic nitrogens is 1. The second-order valence-electron chi connectivity index (χ2n) is 7.05. The topological polar surface area (TPSA) is 50.3 Å². The molecule has 0 bridgehead atoms. The molecule has 0 N–H and O–H groups in total. The molecule has 5 heteroatoms. The SMILES string of the molecule is O=C1C2CCCCC2C(=O)N1c1cccc(-c2nc3ccccc3s2)c1. The first kappa shape index (κ1) is 15.7. The van der Waals surface area contributed by atoms with Crippen LogP contribution in [-0.4, -0.2) is 16.8 Å². The van der Waals surface area contributed by atoms with E-state index in [1.54, 1.807) is 11.3 Å². The Bertz CT molecular complexity index is 969. The van der Waals surface area contributed by atoms with Crippen LogP contribution in [0, 0.1) is 11.8 Å². The van der Waals surface area contributed by atoms with Gasteiger partial charge in [-0.15, -0.1) is 11.3 Å². The summed E-state index contributed by atoms with van der Waals surface area (Å²) in [4.78, 5) is 31.8. The smallest absolute Gasteiger partial charge is 0.237 e. The Hall–Kier alpha value is -2.53. The molecular weight excluding hydrogens is 344 g/mol. The predicted octanol–water partition coefficient (Wildman–Crippen LogP) is 4.64. The molecule has 26 heavy (non-hydrogen) atoms. The number of hydrogen-bond acceptors (Lipinski definition) is 4. The third-order valence-electron chi connectivity index (χ3n) is 5.49. The Labute approximate surface area is 155 Å². The highest BCUT2D eigenvalue weighted by Crippen LogP contribution is 2.41. The van der Waals surface area contributed by atoms with E-state index in [4.69, 9.17) is 4.98 Å². The third kappa shape index (κ3) is 2.38. The fourth-order valence-electron chi connectivity index (χ4n) is 4.19. The first-order valence-corrected chi connectivity index (χ1v) is 9.88. The van der Waals surface area contributed by atoms with Crippen LogP contribution >= 0.6 is 11.3 Å². The molecule has 2 atom stereocenters. The van der Waals surface area contributed by atoms with E-state index in [9.17, 15) is 9.59 Å². The zero-order valence-electron chi connectivity index (χ0n) is 14.2. The van der Waals surface area contributed by atoms with E-state index in [-0.39, 0.29) is 23.7 Å². The normalized spacial score (nSPS) is 22.8. The molecule has 2 aromatic carbocycles. The lowest BCUT2D eigenvalue weighted by molar-refractivity contribution is -0.122. The van der Waals surface area contributed by atoms with Gasteiger partial charge in [-0.3, -0.25) is 14.5 Å². The number of benzene rings is 2. The van der Waals surface area contributed by atoms with Gasteiger partial charge in [-0.25, -0.2) is 4.98 Å². The average molecular weight is 362 g/mol. The summed E-state index contributed by atoms with van der Waals surface area (Å²) >= 11 is 1.62. The first-order chi connectivity index (χ1) is 12.7. The van der Waals surface area contributed by atoms with Gasteiger partial charge >= 0.3 is 0 Å². The van der Waals surface area contributed by atoms with Crippen molar-refractivity contribution in [2.24, 2.45) is 11.8 Å². The van der Waals surface area contributed by atoms with Crippen LogP contribution in [0.2, 0.25) is 0 Å². The van der Waals surface area contributed by atoms with Crippen molar-refractivity contribution >= 4 is 39.1 Å². The van der Waals surface area contributed by atoms with Gasteiger partial charge < -0.3 is 0 Å². The molecule has 3 aromatic rings. The lowest BCUT2D eigenvalue weighted by atomic mass is 9.81. The standard InChI is InChI=1S/C21H18N2O2S/c24-20-15-8-1-2-9-16(15)21(25)23(20)14-7-5-6-13(12-14)19-22-17-10-3-4-11-18(17)26-19/h3-7,10-12,15-16H,1-2,8-9H2. The lowest BCUT2D eigenvalue weighted by Gasteiger charge is -2.19. The van der Waals surface area contributed by atoms with Crippen molar-refractivity contribution in [3.05, 3.63) is 48.5 Å². The number of rotatable bonds is 2. The third-order valence-corrected chi connectivity index (χ3v) is 6.57. The Morgan fingerprint density at radius 3 is 2.38 bits per heavy atom. The van der Waals surface area contributed by atoms with E-state index < -0.39 is 0 Å². The molecule has 130 valence electrons. The number of fused-ring (bicyclic) bond motifs is 2. The Morgan fingerprint density at radius 1 is 0.923 bits per heavy atom. The van der Waals surface area contributed by atoms with Crippen LogP contribution < -0.4 is 4.90 Å². The Morgan fingerprint density at radius 2 is 1.65 bits per heavy atom. The monoisotopic (exact) mass is 362 g/mol. The molecule has 0 radical (unpaired) electrons. The number of amides is 2. The molecule has 4 nitrogen and oxygen atoms in total. The maximum atomic E-state index is 12.8. The van der Waals surface area contributed by atoms with E-state index in [2.05, 4.69) is 6.07 Å². The van der Waals surface area contributed by atoms with E-state index >= 15 is 0 Å². The molecule has 2 unspecified atom stereocenters. The van der Waals surface area contributed by atoms with Crippen LogP contribution in [0.3, 0.4) is 0 Å². The molecule has 1 aliphatic carbocycles. The Balaban J connectivity index is 1.54. The summed E-state index contributed by atoms with van der Waals surface area (Å²) in [5, 5.41) is 0.907. The summed E-state index contributed by atoms with van der Waals surface area (Å²) in [6.45, 7) is 0. The summed E-state index contributed by atoms with van der Waals surface area (Å²) in [7, 11) is 0. The molecule has 0 spiro atoms. The van der Waals surface area contributed by atoms with Gasteiger partial charge in [0.2, 0.25) is 11.8 Å². The number of carbonyl (C=O) groups is 2. The highest BCUT2D eigenvalue weighted by atomic mass is 32.1. The minimum Gasteiger partial charge on any atom is -0.274 e. The molecule has 5 rings (SSSR count). The van der Waals surface area contributed by atoms with Gasteiger partial charge in [0, 0.05) is 5.56 Å². The highest BCUT2D eigenvalue weighted by molar-refractivity contribution is 7.21. The van der Waals surface area contributed by atoms with Crippen LogP contribution in [0.1, 0.15) is 25.7 Å². The zero-order chi connectivity index (χ0) is 17.7. The predicted molar refractivity (Wildman–Crippen MR) is 103 cm³/mol. The first-order valence-electron chi connectivity index (χ1n) is 9.06. The number of carbonyl (C=O) groups excluding carboxylic acids is 2. The maximum absolute atomic E-state index is 12.8. The fraction of sp³-hybridized carbons (Fsp3) is 0.286. The van der Waals surface area contributed by atoms with E-state index in [1.165, 1.54) is 4.90 Å². The number of hydrogen-bond donors (Lipinski definition) is 0. The van der Waals surface area contributed by atoms with E-state index in [0.29, 0.717) is 5.69 Å². The number of para-hydroxylation sites is 1. The van der Waals surface area contributed by atoms with Gasteiger partial charge in [-0.05, 0) is 37.1 Å². The quantitative estimate of drug-likeness (QED) is 0.624. The summed E-state index contributed by atoms with van der Waals surface area (Å²) in [5.74, 6) is -0.299. The van der Waals surface area contributed by atoms with Gasteiger partial charge in [-0.2, -0.15) is 0 Å². The molecule has 2 aliphatic rings. The van der Waals surface area contributed by atoms with Crippen LogP contribution in [-0.2, 0) is 9.59 Å². The molecule has 1 saturated carbocycles. The molecule has 2 amide bonds. The van der Waals surface area contributed by atoms with Crippen molar-refractivity contribution in [3.8, 4) is 10.6 Å². The number of imide groups is 1. The van der Waals surface area contributed by atoms with Crippen molar-refractivity contribution in [2.45, 2.75) is 25.7 Å². The van der Waals surface area contributed by atoms with Gasteiger partial charge in [0.1, 0.15) is 5.01 Å². The molecule has 2 fully saturated rings. The van der Waals surface area contributed by atoms with E-state index in [1.807, 2.05) is 42.5 Å². The zero-order valence-corrected chi connectivity index (χ0v) is 15.0. The molecular formula is C21H18N2O2S. The summed E-state index contributed by atoms with van der Waals surface area (Å²) in [6, 6.07) is 15.7. The van der Waals surface area contributed by atoms with Gasteiger partial charge in [0.25, 0.3) is 0 Å². The second kappa shape index (κ2) is 6.02. The van der Waals surface area contributed by atoms with E-state index in [0.717, 1.165) is 46.5 Å². The van der Waals surface area contributed by atoms with Crippen LogP contribution in [0.5, 0.6) is 0 Å². The Kier molecular flexibility index (Phi) is 3.64. The number of nitrogens with zero attached hydrogens (tertiary/aromatic N) is 2. The minimum absolute atomic E-state index is 0.0267. The maximum Gasteiger partial charge on any atom is 0.237 e. The van der Waals surface area contributed by atoms with Gasteiger partial charge in [0.05, 0.1) is 27.7 Å². The number of thiazole rings is 1. The highest BCUT2D eigenvalue weighted by Gasteiger charge is 2.48. The summed E-state index contributed by atoms with van der Waals surface area (Å²) in [6.07, 6.45) is 3.76. The van der Waals surface area contributed by atoms with Crippen molar-refractivity contribution < 1.29 is 9.59 Å². The molecule has 2 heterocycles. The molecule has 1 saturated heterocycles. The van der Waals surface area contributed by atoms with Gasteiger partial charge in [-0.1, -0.05) is 37.1 Å². The van der Waals surface area contributed by atoms with Crippen molar-refractivity contribution in [2.75, 3.05) is 4.90 Å². The van der Waals surface area contributed by atoms with Crippen molar-refractivity contribution in [1.29, 1.82) is 0 Å². The van der Waals surface area contributed by atoms with Crippen molar-refractivity contribution in [1.82, 2.24) is 4.98 Å². The van der Waals surface area contributed by atoms with Crippen molar-refractivity contribution in [3.63, 3.8) is 0 Å². The fourth-order valence-corrected chi connectivity index (χ4v) is 5.15. The second-order valence-corrected chi connectivity index (χ2v) is 8.08. The summed E-state index contributed by atoms with van der Waals surface area (Å²) < 4.78 is 1.13. The van der Waals surface area contributed by atoms with Crippen LogP contribution in [0.4, 0.5) is 5.69 Å². The number of anilines is 1. The summed E-state index contributed by atoms with van der Waals surface area (Å²) in [5.41, 5.74) is 2.59. The minimum atomic E-state index is -0.123. The average Bonchev–Trinajstić information content (AvgIpc) is 3.22. The van der Waals surface area contributed by atoms with Crippen LogP contribution in [0.25, 0.3) is 20.8 Å². The molecule has 1 aliphatic heterocycles. The van der Waals surface area contributed by atoms with Crippen LogP contribution in [0.15, 0.2) is 48.5 Å². The van der Waals surface area contributed by atoms with Gasteiger partial charge in [0.15, 0.2) is 0 Å². The molecule has 1 aromatic heterocycles.